The second-order valence-corrected chi connectivity index (χ2v) is 7.46. The predicted octanol–water partition coefficient (Wildman–Crippen LogP) is 4.46. The first-order valence-corrected chi connectivity index (χ1v) is 9.46. The third-order valence-electron chi connectivity index (χ3n) is 4.29. The molecule has 3 rings (SSSR count). The van der Waals surface area contributed by atoms with E-state index in [4.69, 9.17) is 11.6 Å². The molecular formula is C20H20BrClN2O. The van der Waals surface area contributed by atoms with Crippen LogP contribution in [0, 0.1) is 0 Å². The van der Waals surface area contributed by atoms with Gasteiger partial charge in [-0.1, -0.05) is 51.8 Å². The van der Waals surface area contributed by atoms with Gasteiger partial charge in [0, 0.05) is 48.3 Å². The number of amides is 1. The second-order valence-electron chi connectivity index (χ2n) is 6.11. The van der Waals surface area contributed by atoms with E-state index in [9.17, 15) is 4.79 Å². The molecule has 2 aromatic carbocycles. The van der Waals surface area contributed by atoms with Gasteiger partial charge in [-0.15, -0.1) is 0 Å². The summed E-state index contributed by atoms with van der Waals surface area (Å²) >= 11 is 9.33. The first-order valence-electron chi connectivity index (χ1n) is 8.29. The Morgan fingerprint density at radius 3 is 2.28 bits per heavy atom. The normalized spacial score (nSPS) is 15.7. The van der Waals surface area contributed by atoms with Gasteiger partial charge in [0.2, 0.25) is 5.91 Å². The van der Waals surface area contributed by atoms with Gasteiger partial charge >= 0.3 is 0 Å². The summed E-state index contributed by atoms with van der Waals surface area (Å²) in [7, 11) is 0. The fraction of sp³-hybridized carbons (Fsp3) is 0.250. The van der Waals surface area contributed by atoms with E-state index in [0.717, 1.165) is 47.8 Å². The SMILES string of the molecule is O=C(/C=C/c1ccc(Br)cc1)N1CCN(Cc2ccc(Cl)cc2)CC1. The number of hydrogen-bond acceptors (Lipinski definition) is 2. The highest BCUT2D eigenvalue weighted by Gasteiger charge is 2.19. The molecule has 3 nitrogen and oxygen atoms in total. The Labute approximate surface area is 162 Å². The van der Waals surface area contributed by atoms with Crippen molar-refractivity contribution in [3.8, 4) is 0 Å². The molecule has 0 aliphatic carbocycles. The van der Waals surface area contributed by atoms with Crippen molar-refractivity contribution < 1.29 is 4.79 Å². The maximum atomic E-state index is 12.3. The third-order valence-corrected chi connectivity index (χ3v) is 5.07. The Balaban J connectivity index is 1.48. The highest BCUT2D eigenvalue weighted by molar-refractivity contribution is 9.10. The molecule has 1 amide bonds. The van der Waals surface area contributed by atoms with Crippen LogP contribution in [0.5, 0.6) is 0 Å². The number of halogens is 2. The maximum Gasteiger partial charge on any atom is 0.246 e. The van der Waals surface area contributed by atoms with Crippen LogP contribution >= 0.6 is 27.5 Å². The van der Waals surface area contributed by atoms with Crippen molar-refractivity contribution in [2.75, 3.05) is 26.2 Å². The van der Waals surface area contributed by atoms with Gasteiger partial charge in [0.05, 0.1) is 0 Å². The molecule has 0 atom stereocenters. The summed E-state index contributed by atoms with van der Waals surface area (Å²) in [6.07, 6.45) is 3.53. The van der Waals surface area contributed by atoms with Crippen LogP contribution in [0.4, 0.5) is 0 Å². The van der Waals surface area contributed by atoms with Gasteiger partial charge < -0.3 is 4.90 Å². The standard InChI is InChI=1S/C20H20BrClN2O/c21-18-6-1-16(2-7-18)5-10-20(25)24-13-11-23(12-14-24)15-17-3-8-19(22)9-4-17/h1-10H,11-15H2/b10-5+. The lowest BCUT2D eigenvalue weighted by Gasteiger charge is -2.34. The Bertz CT molecular complexity index is 735. The van der Waals surface area contributed by atoms with Crippen molar-refractivity contribution in [3.63, 3.8) is 0 Å². The number of nitrogens with zero attached hydrogens (tertiary/aromatic N) is 2. The van der Waals surface area contributed by atoms with E-state index < -0.39 is 0 Å². The van der Waals surface area contributed by atoms with Crippen molar-refractivity contribution in [3.05, 3.63) is 75.2 Å². The number of carbonyl (C=O) groups excluding carboxylic acids is 1. The lowest BCUT2D eigenvalue weighted by Crippen LogP contribution is -2.47. The molecule has 1 heterocycles. The zero-order valence-electron chi connectivity index (χ0n) is 13.9. The first kappa shape index (κ1) is 18.2. The molecule has 0 saturated carbocycles. The highest BCUT2D eigenvalue weighted by Crippen LogP contribution is 2.14. The molecular weight excluding hydrogens is 400 g/mol. The van der Waals surface area contributed by atoms with E-state index in [2.05, 4.69) is 33.0 Å². The molecule has 5 heteroatoms. The molecule has 0 unspecified atom stereocenters. The minimum atomic E-state index is 0.0778. The molecule has 0 spiro atoms. The van der Waals surface area contributed by atoms with E-state index >= 15 is 0 Å². The van der Waals surface area contributed by atoms with E-state index in [1.807, 2.05) is 47.4 Å². The molecule has 0 radical (unpaired) electrons. The summed E-state index contributed by atoms with van der Waals surface area (Å²) in [5.41, 5.74) is 2.28. The zero-order chi connectivity index (χ0) is 17.6. The van der Waals surface area contributed by atoms with Crippen LogP contribution in [0.2, 0.25) is 5.02 Å². The minimum absolute atomic E-state index is 0.0778. The number of benzene rings is 2. The Morgan fingerprint density at radius 1 is 1.00 bits per heavy atom. The topological polar surface area (TPSA) is 23.6 Å². The van der Waals surface area contributed by atoms with Crippen molar-refractivity contribution in [2.45, 2.75) is 6.54 Å². The van der Waals surface area contributed by atoms with Gasteiger partial charge in [0.15, 0.2) is 0 Å². The Morgan fingerprint density at radius 2 is 1.64 bits per heavy atom. The van der Waals surface area contributed by atoms with E-state index in [1.54, 1.807) is 6.08 Å². The number of rotatable bonds is 4. The molecule has 130 valence electrons. The average Bonchev–Trinajstić information content (AvgIpc) is 2.63. The van der Waals surface area contributed by atoms with Gasteiger partial charge in [-0.2, -0.15) is 0 Å². The lowest BCUT2D eigenvalue weighted by atomic mass is 10.2. The minimum Gasteiger partial charge on any atom is -0.337 e. The largest absolute Gasteiger partial charge is 0.337 e. The molecule has 25 heavy (non-hydrogen) atoms. The van der Waals surface area contributed by atoms with Crippen molar-refractivity contribution in [1.82, 2.24) is 9.80 Å². The van der Waals surface area contributed by atoms with Gasteiger partial charge in [-0.05, 0) is 41.5 Å². The molecule has 1 fully saturated rings. The summed E-state index contributed by atoms with van der Waals surface area (Å²) in [5, 5.41) is 0.761. The van der Waals surface area contributed by atoms with Crippen LogP contribution in [0.1, 0.15) is 11.1 Å². The summed E-state index contributed by atoms with van der Waals surface area (Å²) in [4.78, 5) is 16.6. The van der Waals surface area contributed by atoms with E-state index in [-0.39, 0.29) is 5.91 Å². The summed E-state index contributed by atoms with van der Waals surface area (Å²) < 4.78 is 1.03. The van der Waals surface area contributed by atoms with Crippen molar-refractivity contribution in [2.24, 2.45) is 0 Å². The zero-order valence-corrected chi connectivity index (χ0v) is 16.2. The molecule has 1 saturated heterocycles. The summed E-state index contributed by atoms with van der Waals surface area (Å²) in [6, 6.07) is 15.9. The molecule has 0 N–H and O–H groups in total. The molecule has 2 aromatic rings. The fourth-order valence-electron chi connectivity index (χ4n) is 2.82. The monoisotopic (exact) mass is 418 g/mol. The predicted molar refractivity (Wildman–Crippen MR) is 106 cm³/mol. The van der Waals surface area contributed by atoms with Crippen LogP contribution < -0.4 is 0 Å². The van der Waals surface area contributed by atoms with Crippen molar-refractivity contribution >= 4 is 39.5 Å². The van der Waals surface area contributed by atoms with Crippen LogP contribution in [0.15, 0.2) is 59.1 Å². The van der Waals surface area contributed by atoms with Crippen molar-refractivity contribution in [1.29, 1.82) is 0 Å². The van der Waals surface area contributed by atoms with Crippen LogP contribution in [0.3, 0.4) is 0 Å². The van der Waals surface area contributed by atoms with Crippen LogP contribution in [-0.4, -0.2) is 41.9 Å². The molecule has 0 aromatic heterocycles. The quantitative estimate of drug-likeness (QED) is 0.683. The van der Waals surface area contributed by atoms with Gasteiger partial charge in [0.25, 0.3) is 0 Å². The Kier molecular flexibility index (Phi) is 6.29. The van der Waals surface area contributed by atoms with E-state index in [1.165, 1.54) is 5.56 Å². The molecule has 0 bridgehead atoms. The van der Waals surface area contributed by atoms with E-state index in [0.29, 0.717) is 0 Å². The van der Waals surface area contributed by atoms with Gasteiger partial charge in [-0.3, -0.25) is 9.69 Å². The fourth-order valence-corrected chi connectivity index (χ4v) is 3.21. The van der Waals surface area contributed by atoms with Gasteiger partial charge in [0.1, 0.15) is 0 Å². The lowest BCUT2D eigenvalue weighted by molar-refractivity contribution is -0.127. The molecule has 1 aliphatic rings. The van der Waals surface area contributed by atoms with Crippen LogP contribution in [0.25, 0.3) is 6.08 Å². The first-order chi connectivity index (χ1) is 12.1. The average molecular weight is 420 g/mol. The third kappa shape index (κ3) is 5.43. The highest BCUT2D eigenvalue weighted by atomic mass is 79.9. The Hall–Kier alpha value is -1.62. The number of hydrogen-bond donors (Lipinski definition) is 0. The van der Waals surface area contributed by atoms with Gasteiger partial charge in [-0.25, -0.2) is 0 Å². The number of piperazine rings is 1. The maximum absolute atomic E-state index is 12.3. The van der Waals surface area contributed by atoms with Crippen LogP contribution in [-0.2, 0) is 11.3 Å². The second kappa shape index (κ2) is 8.65. The summed E-state index contributed by atoms with van der Waals surface area (Å²) in [5.74, 6) is 0.0778. The number of carbonyl (C=O) groups is 1. The summed E-state index contributed by atoms with van der Waals surface area (Å²) in [6.45, 7) is 4.20. The molecule has 1 aliphatic heterocycles. The smallest absolute Gasteiger partial charge is 0.246 e.